The van der Waals surface area contributed by atoms with Gasteiger partial charge in [-0.1, -0.05) is 30.0 Å². The van der Waals surface area contributed by atoms with Crippen LogP contribution in [0.4, 0.5) is 0 Å². The number of benzene rings is 1. The standard InChI is InChI=1S/C25H23N3O3/c1-3-31-25(30)21-16-20-9-5-13-26-22(20)23(27-21)19-8-4-7-17(15-19)11-12-18-10-6-14-28(2)24(18)29/h4-5,7-9,13,15-16,18H,3,6,10,14H2,1-2H3. The molecule has 1 aliphatic rings. The van der Waals surface area contributed by atoms with E-state index in [9.17, 15) is 9.59 Å². The summed E-state index contributed by atoms with van der Waals surface area (Å²) in [6.45, 7) is 2.83. The predicted molar refractivity (Wildman–Crippen MR) is 118 cm³/mol. The number of likely N-dealkylation sites (tertiary alicyclic amines) is 1. The van der Waals surface area contributed by atoms with E-state index in [1.165, 1.54) is 0 Å². The summed E-state index contributed by atoms with van der Waals surface area (Å²) in [7, 11) is 1.82. The van der Waals surface area contributed by atoms with E-state index in [0.717, 1.165) is 35.9 Å². The van der Waals surface area contributed by atoms with Crippen molar-refractivity contribution in [3.8, 4) is 23.1 Å². The molecule has 6 nitrogen and oxygen atoms in total. The second-order valence-corrected chi connectivity index (χ2v) is 7.46. The number of carbonyl (C=O) groups excluding carboxylic acids is 2. The normalized spacial score (nSPS) is 16.0. The first-order valence-electron chi connectivity index (χ1n) is 10.4. The summed E-state index contributed by atoms with van der Waals surface area (Å²) >= 11 is 0. The van der Waals surface area contributed by atoms with Gasteiger partial charge >= 0.3 is 5.97 Å². The van der Waals surface area contributed by atoms with E-state index in [2.05, 4.69) is 21.8 Å². The van der Waals surface area contributed by atoms with Crippen molar-refractivity contribution in [1.82, 2.24) is 14.9 Å². The van der Waals surface area contributed by atoms with Crippen LogP contribution in [0.5, 0.6) is 0 Å². The molecule has 1 amide bonds. The monoisotopic (exact) mass is 413 g/mol. The van der Waals surface area contributed by atoms with Gasteiger partial charge in [0, 0.05) is 36.3 Å². The molecule has 1 fully saturated rings. The molecule has 6 heteroatoms. The molecule has 3 heterocycles. The van der Waals surface area contributed by atoms with Gasteiger partial charge in [-0.25, -0.2) is 9.78 Å². The maximum atomic E-state index is 12.3. The van der Waals surface area contributed by atoms with Gasteiger partial charge in [-0.15, -0.1) is 0 Å². The van der Waals surface area contributed by atoms with Crippen LogP contribution in [-0.4, -0.2) is 46.9 Å². The van der Waals surface area contributed by atoms with Crippen LogP contribution in [0.1, 0.15) is 35.8 Å². The summed E-state index contributed by atoms with van der Waals surface area (Å²) in [6.07, 6.45) is 3.45. The van der Waals surface area contributed by atoms with Crippen LogP contribution in [0.3, 0.4) is 0 Å². The van der Waals surface area contributed by atoms with Crippen molar-refractivity contribution in [3.05, 3.63) is 59.9 Å². The van der Waals surface area contributed by atoms with Crippen molar-refractivity contribution >= 4 is 22.8 Å². The largest absolute Gasteiger partial charge is 0.461 e. The van der Waals surface area contributed by atoms with Gasteiger partial charge in [0.1, 0.15) is 5.69 Å². The number of hydrogen-bond acceptors (Lipinski definition) is 5. The molecule has 0 bridgehead atoms. The van der Waals surface area contributed by atoms with Gasteiger partial charge < -0.3 is 9.64 Å². The summed E-state index contributed by atoms with van der Waals surface area (Å²) < 4.78 is 5.14. The minimum Gasteiger partial charge on any atom is -0.461 e. The quantitative estimate of drug-likeness (QED) is 0.484. The van der Waals surface area contributed by atoms with Crippen LogP contribution in [0.25, 0.3) is 22.2 Å². The molecule has 0 aliphatic carbocycles. The Labute approximate surface area is 181 Å². The Hall–Kier alpha value is -3.72. The van der Waals surface area contributed by atoms with Crippen molar-refractivity contribution < 1.29 is 14.3 Å². The van der Waals surface area contributed by atoms with Gasteiger partial charge in [0.05, 0.1) is 23.7 Å². The Bertz CT molecular complexity index is 1210. The fourth-order valence-corrected chi connectivity index (χ4v) is 3.68. The third kappa shape index (κ3) is 4.41. The average molecular weight is 413 g/mol. The Kier molecular flexibility index (Phi) is 5.94. The predicted octanol–water partition coefficient (Wildman–Crippen LogP) is 3.69. The molecule has 0 spiro atoms. The van der Waals surface area contributed by atoms with E-state index in [4.69, 9.17) is 4.74 Å². The summed E-state index contributed by atoms with van der Waals surface area (Å²) in [5.41, 5.74) is 3.12. The summed E-state index contributed by atoms with van der Waals surface area (Å²) in [6, 6.07) is 13.0. The second-order valence-electron chi connectivity index (χ2n) is 7.46. The zero-order chi connectivity index (χ0) is 21.8. The highest BCUT2D eigenvalue weighted by Gasteiger charge is 2.24. The number of rotatable bonds is 3. The SMILES string of the molecule is CCOC(=O)c1cc2cccnc2c(-c2cccc(C#CC3CCCN(C)C3=O)c2)n1. The molecule has 1 aromatic carbocycles. The number of amides is 1. The van der Waals surface area contributed by atoms with Gasteiger partial charge in [0.15, 0.2) is 0 Å². The molecular weight excluding hydrogens is 390 g/mol. The van der Waals surface area contributed by atoms with Crippen molar-refractivity contribution in [1.29, 1.82) is 0 Å². The molecule has 0 saturated carbocycles. The van der Waals surface area contributed by atoms with Crippen molar-refractivity contribution in [2.24, 2.45) is 5.92 Å². The van der Waals surface area contributed by atoms with E-state index in [0.29, 0.717) is 11.2 Å². The lowest BCUT2D eigenvalue weighted by molar-refractivity contribution is -0.134. The first-order chi connectivity index (χ1) is 15.1. The van der Waals surface area contributed by atoms with Crippen LogP contribution in [0.15, 0.2) is 48.7 Å². The average Bonchev–Trinajstić information content (AvgIpc) is 2.79. The molecule has 1 unspecified atom stereocenters. The molecular formula is C25H23N3O3. The number of fused-ring (bicyclic) bond motifs is 1. The maximum absolute atomic E-state index is 12.3. The third-order valence-electron chi connectivity index (χ3n) is 5.26. The summed E-state index contributed by atoms with van der Waals surface area (Å²) in [5, 5.41) is 0.808. The van der Waals surface area contributed by atoms with Crippen molar-refractivity contribution in [2.45, 2.75) is 19.8 Å². The fraction of sp³-hybridized carbons (Fsp3) is 0.280. The van der Waals surface area contributed by atoms with Gasteiger partial charge in [0.25, 0.3) is 0 Å². The molecule has 2 aromatic heterocycles. The smallest absolute Gasteiger partial charge is 0.356 e. The van der Waals surface area contributed by atoms with Gasteiger partial charge in [-0.2, -0.15) is 0 Å². The van der Waals surface area contributed by atoms with Crippen LogP contribution >= 0.6 is 0 Å². The van der Waals surface area contributed by atoms with E-state index >= 15 is 0 Å². The Morgan fingerprint density at radius 2 is 2.13 bits per heavy atom. The van der Waals surface area contributed by atoms with Crippen LogP contribution in [-0.2, 0) is 9.53 Å². The Morgan fingerprint density at radius 3 is 2.97 bits per heavy atom. The minimum absolute atomic E-state index is 0.0777. The zero-order valence-electron chi connectivity index (χ0n) is 17.6. The molecule has 0 radical (unpaired) electrons. The van der Waals surface area contributed by atoms with Crippen LogP contribution in [0, 0.1) is 17.8 Å². The zero-order valence-corrected chi connectivity index (χ0v) is 17.6. The van der Waals surface area contributed by atoms with Crippen molar-refractivity contribution in [3.63, 3.8) is 0 Å². The van der Waals surface area contributed by atoms with Crippen LogP contribution < -0.4 is 0 Å². The van der Waals surface area contributed by atoms with Crippen molar-refractivity contribution in [2.75, 3.05) is 20.2 Å². The van der Waals surface area contributed by atoms with E-state index in [1.807, 2.05) is 43.4 Å². The molecule has 0 N–H and O–H groups in total. The van der Waals surface area contributed by atoms with Gasteiger partial charge in [-0.3, -0.25) is 9.78 Å². The number of nitrogens with zero attached hydrogens (tertiary/aromatic N) is 3. The Balaban J connectivity index is 1.73. The number of ether oxygens (including phenoxy) is 1. The van der Waals surface area contributed by atoms with E-state index in [-0.39, 0.29) is 24.1 Å². The van der Waals surface area contributed by atoms with E-state index < -0.39 is 5.97 Å². The number of pyridine rings is 2. The highest BCUT2D eigenvalue weighted by atomic mass is 16.5. The number of piperidine rings is 1. The highest BCUT2D eigenvalue weighted by Crippen LogP contribution is 2.27. The highest BCUT2D eigenvalue weighted by molar-refractivity contribution is 5.98. The van der Waals surface area contributed by atoms with E-state index in [1.54, 1.807) is 24.1 Å². The first-order valence-corrected chi connectivity index (χ1v) is 10.4. The third-order valence-corrected chi connectivity index (χ3v) is 5.26. The first kappa shape index (κ1) is 20.5. The number of hydrogen-bond donors (Lipinski definition) is 0. The molecule has 1 atom stereocenters. The molecule has 3 aromatic rings. The molecule has 1 aliphatic heterocycles. The summed E-state index contributed by atoms with van der Waals surface area (Å²) in [5.74, 6) is 5.61. The number of aromatic nitrogens is 2. The molecule has 31 heavy (non-hydrogen) atoms. The lowest BCUT2D eigenvalue weighted by Gasteiger charge is -2.26. The van der Waals surface area contributed by atoms with Crippen LogP contribution in [0.2, 0.25) is 0 Å². The topological polar surface area (TPSA) is 72.4 Å². The minimum atomic E-state index is -0.467. The molecule has 1 saturated heterocycles. The number of carbonyl (C=O) groups is 2. The summed E-state index contributed by atoms with van der Waals surface area (Å²) in [4.78, 5) is 35.4. The van der Waals surface area contributed by atoms with Gasteiger partial charge in [0.2, 0.25) is 5.91 Å². The van der Waals surface area contributed by atoms with Gasteiger partial charge in [-0.05, 0) is 44.0 Å². The Morgan fingerprint density at radius 1 is 1.26 bits per heavy atom. The lowest BCUT2D eigenvalue weighted by atomic mass is 9.97. The second kappa shape index (κ2) is 8.97. The fourth-order valence-electron chi connectivity index (χ4n) is 3.68. The number of esters is 1. The maximum Gasteiger partial charge on any atom is 0.356 e. The lowest BCUT2D eigenvalue weighted by Crippen LogP contribution is -2.37. The molecule has 4 rings (SSSR count). The molecule has 156 valence electrons.